The van der Waals surface area contributed by atoms with Gasteiger partial charge in [0, 0.05) is 25.0 Å². The van der Waals surface area contributed by atoms with Crippen LogP contribution in [0.4, 0.5) is 20.6 Å². The number of rotatable bonds is 6. The summed E-state index contributed by atoms with van der Waals surface area (Å²) in [7, 11) is 1.73. The van der Waals surface area contributed by atoms with E-state index in [0.717, 1.165) is 6.42 Å². The fourth-order valence-corrected chi connectivity index (χ4v) is 4.50. The Bertz CT molecular complexity index is 1130. The maximum atomic E-state index is 13.4. The van der Waals surface area contributed by atoms with E-state index >= 15 is 0 Å². The number of halogens is 1. The van der Waals surface area contributed by atoms with Crippen molar-refractivity contribution in [3.05, 3.63) is 53.8 Å². The van der Waals surface area contributed by atoms with Crippen LogP contribution in [0, 0.1) is 5.82 Å². The van der Waals surface area contributed by atoms with Crippen LogP contribution in [0.15, 0.2) is 42.5 Å². The first-order valence-electron chi connectivity index (χ1n) is 12.1. The van der Waals surface area contributed by atoms with Crippen molar-refractivity contribution in [2.24, 2.45) is 0 Å². The molecule has 2 aliphatic rings. The predicted molar refractivity (Wildman–Crippen MR) is 133 cm³/mol. The van der Waals surface area contributed by atoms with Crippen LogP contribution in [-0.4, -0.2) is 61.2 Å². The third-order valence-electron chi connectivity index (χ3n) is 6.33. The molecular weight excluding hydrogens is 467 g/mol. The van der Waals surface area contributed by atoms with Crippen LogP contribution in [0.1, 0.15) is 43.0 Å². The van der Waals surface area contributed by atoms with E-state index in [9.17, 15) is 18.8 Å². The lowest BCUT2D eigenvalue weighted by atomic mass is 9.94. The number of likely N-dealkylation sites (N-methyl/N-ethyl adjacent to an activating group) is 1. The number of benzene rings is 2. The Balaban J connectivity index is 1.40. The molecule has 0 aromatic heterocycles. The highest BCUT2D eigenvalue weighted by Crippen LogP contribution is 2.32. The molecule has 0 saturated carbocycles. The fraction of sp³-hybridized carbons (Fsp3) is 0.423. The van der Waals surface area contributed by atoms with E-state index in [1.165, 1.54) is 18.2 Å². The van der Waals surface area contributed by atoms with Gasteiger partial charge in [0.25, 0.3) is 5.91 Å². The van der Waals surface area contributed by atoms with Crippen molar-refractivity contribution >= 4 is 29.2 Å². The molecule has 0 spiro atoms. The Morgan fingerprint density at radius 3 is 2.69 bits per heavy atom. The Kier molecular flexibility index (Phi) is 8.04. The normalized spacial score (nSPS) is 21.2. The molecule has 0 bridgehead atoms. The monoisotopic (exact) mass is 498 g/mol. The summed E-state index contributed by atoms with van der Waals surface area (Å²) in [6.07, 6.45) is 1.40. The summed E-state index contributed by atoms with van der Waals surface area (Å²) in [5.41, 5.74) is 1.25. The zero-order valence-corrected chi connectivity index (χ0v) is 20.4. The standard InChI is InChI=1S/C26H31FN4O5/c1-3-11-28-26(34)30-18-7-10-22-20(13-18)25(33)31(2)21-9-8-19(36-23(21)15-35-22)14-24(32)29-17-6-4-5-16(27)12-17/h4-7,10,12-13,19,21,23H,3,8-9,11,14-15H2,1-2H3,(H,29,32)(H2,28,30,34)/t19-,21+,23-/m1/s1. The Labute approximate surface area is 209 Å². The minimum absolute atomic E-state index is 0.114. The highest BCUT2D eigenvalue weighted by atomic mass is 19.1. The zero-order chi connectivity index (χ0) is 25.7. The molecule has 3 atom stereocenters. The highest BCUT2D eigenvalue weighted by Gasteiger charge is 2.39. The molecule has 2 aromatic carbocycles. The molecule has 192 valence electrons. The molecule has 4 amide bonds. The van der Waals surface area contributed by atoms with Gasteiger partial charge in [-0.1, -0.05) is 13.0 Å². The van der Waals surface area contributed by atoms with Gasteiger partial charge in [-0.05, 0) is 55.7 Å². The van der Waals surface area contributed by atoms with Crippen LogP contribution in [0.3, 0.4) is 0 Å². The van der Waals surface area contributed by atoms with Crippen LogP contribution in [0.5, 0.6) is 5.75 Å². The summed E-state index contributed by atoms with van der Waals surface area (Å²) >= 11 is 0. The summed E-state index contributed by atoms with van der Waals surface area (Å²) < 4.78 is 25.5. The number of hydrogen-bond acceptors (Lipinski definition) is 5. The number of carbonyl (C=O) groups excluding carboxylic acids is 3. The van der Waals surface area contributed by atoms with Crippen molar-refractivity contribution in [3.63, 3.8) is 0 Å². The van der Waals surface area contributed by atoms with Crippen LogP contribution < -0.4 is 20.7 Å². The van der Waals surface area contributed by atoms with E-state index in [2.05, 4.69) is 16.0 Å². The molecule has 4 rings (SSSR count). The molecule has 3 N–H and O–H groups in total. The first kappa shape index (κ1) is 25.4. The van der Waals surface area contributed by atoms with E-state index in [-0.39, 0.29) is 43.0 Å². The number of nitrogens with zero attached hydrogens (tertiary/aromatic N) is 1. The molecule has 2 aromatic rings. The van der Waals surface area contributed by atoms with Crippen LogP contribution >= 0.6 is 0 Å². The van der Waals surface area contributed by atoms with Gasteiger partial charge in [0.05, 0.1) is 24.1 Å². The molecule has 0 aliphatic carbocycles. The minimum Gasteiger partial charge on any atom is -0.490 e. The SMILES string of the molecule is CCCNC(=O)Nc1ccc2c(c1)C(=O)N(C)[C@H]1CC[C@H](CC(=O)Nc3cccc(F)c3)O[C@@H]1CO2. The largest absolute Gasteiger partial charge is 0.490 e. The molecular formula is C26H31FN4O5. The van der Waals surface area contributed by atoms with Crippen molar-refractivity contribution in [2.45, 2.75) is 50.9 Å². The van der Waals surface area contributed by atoms with E-state index in [4.69, 9.17) is 9.47 Å². The smallest absolute Gasteiger partial charge is 0.319 e. The lowest BCUT2D eigenvalue weighted by Gasteiger charge is -2.42. The zero-order valence-electron chi connectivity index (χ0n) is 20.4. The Morgan fingerprint density at radius 2 is 1.92 bits per heavy atom. The second-order valence-corrected chi connectivity index (χ2v) is 9.02. The summed E-state index contributed by atoms with van der Waals surface area (Å²) in [6, 6.07) is 10.1. The molecule has 1 fully saturated rings. The predicted octanol–water partition coefficient (Wildman–Crippen LogP) is 3.77. The van der Waals surface area contributed by atoms with Gasteiger partial charge in [-0.2, -0.15) is 0 Å². The minimum atomic E-state index is -0.424. The Hall–Kier alpha value is -3.66. The van der Waals surface area contributed by atoms with E-state index in [0.29, 0.717) is 42.1 Å². The van der Waals surface area contributed by atoms with Gasteiger partial charge in [0.2, 0.25) is 5.91 Å². The van der Waals surface area contributed by atoms with Gasteiger partial charge in [-0.3, -0.25) is 9.59 Å². The maximum Gasteiger partial charge on any atom is 0.319 e. The van der Waals surface area contributed by atoms with Crippen molar-refractivity contribution in [1.29, 1.82) is 0 Å². The van der Waals surface area contributed by atoms with Gasteiger partial charge < -0.3 is 30.3 Å². The number of anilines is 2. The van der Waals surface area contributed by atoms with Gasteiger partial charge in [0.1, 0.15) is 24.3 Å². The number of amides is 4. The number of carbonyl (C=O) groups is 3. The molecule has 2 heterocycles. The van der Waals surface area contributed by atoms with E-state index < -0.39 is 11.9 Å². The quantitative estimate of drug-likeness (QED) is 0.562. The first-order chi connectivity index (χ1) is 17.3. The van der Waals surface area contributed by atoms with Gasteiger partial charge in [0.15, 0.2) is 0 Å². The number of urea groups is 1. The summed E-state index contributed by atoms with van der Waals surface area (Å²) in [5, 5.41) is 8.17. The van der Waals surface area contributed by atoms with E-state index in [1.54, 1.807) is 36.2 Å². The lowest BCUT2D eigenvalue weighted by molar-refractivity contribution is -0.130. The molecule has 2 aliphatic heterocycles. The Morgan fingerprint density at radius 1 is 1.11 bits per heavy atom. The second-order valence-electron chi connectivity index (χ2n) is 9.02. The van der Waals surface area contributed by atoms with Crippen molar-refractivity contribution < 1.29 is 28.2 Å². The molecule has 9 nitrogen and oxygen atoms in total. The number of fused-ring (bicyclic) bond motifs is 2. The third-order valence-corrected chi connectivity index (χ3v) is 6.33. The molecule has 36 heavy (non-hydrogen) atoms. The van der Waals surface area contributed by atoms with Crippen molar-refractivity contribution in [1.82, 2.24) is 10.2 Å². The summed E-state index contributed by atoms with van der Waals surface area (Å²) in [5.74, 6) is -0.525. The average Bonchev–Trinajstić information content (AvgIpc) is 2.85. The number of nitrogens with one attached hydrogen (secondary N) is 3. The first-order valence-corrected chi connectivity index (χ1v) is 12.1. The van der Waals surface area contributed by atoms with Crippen molar-refractivity contribution in [3.8, 4) is 5.75 Å². The molecule has 0 unspecified atom stereocenters. The third kappa shape index (κ3) is 6.12. The lowest BCUT2D eigenvalue weighted by Crippen LogP contribution is -2.53. The maximum absolute atomic E-state index is 13.4. The number of ether oxygens (including phenoxy) is 2. The highest BCUT2D eigenvalue weighted by molar-refractivity contribution is 5.99. The van der Waals surface area contributed by atoms with Crippen molar-refractivity contribution in [2.75, 3.05) is 30.8 Å². The summed E-state index contributed by atoms with van der Waals surface area (Å²) in [6.45, 7) is 2.73. The topological polar surface area (TPSA) is 109 Å². The van der Waals surface area contributed by atoms with Crippen LogP contribution in [0.2, 0.25) is 0 Å². The van der Waals surface area contributed by atoms with Crippen LogP contribution in [-0.2, 0) is 9.53 Å². The van der Waals surface area contributed by atoms with E-state index in [1.807, 2.05) is 6.92 Å². The second kappa shape index (κ2) is 11.4. The van der Waals surface area contributed by atoms with Gasteiger partial charge >= 0.3 is 6.03 Å². The molecule has 0 radical (unpaired) electrons. The van der Waals surface area contributed by atoms with Gasteiger partial charge in [-0.25, -0.2) is 9.18 Å². The van der Waals surface area contributed by atoms with Crippen LogP contribution in [0.25, 0.3) is 0 Å². The summed E-state index contributed by atoms with van der Waals surface area (Å²) in [4.78, 5) is 39.4. The molecule has 10 heteroatoms. The average molecular weight is 499 g/mol. The number of hydrogen-bond donors (Lipinski definition) is 3. The van der Waals surface area contributed by atoms with Gasteiger partial charge in [-0.15, -0.1) is 0 Å². The molecule has 1 saturated heterocycles. The fourth-order valence-electron chi connectivity index (χ4n) is 4.50.